The van der Waals surface area contributed by atoms with Gasteiger partial charge in [0.25, 0.3) is 0 Å². The molecule has 0 unspecified atom stereocenters. The Morgan fingerprint density at radius 2 is 1.95 bits per heavy atom. The van der Waals surface area contributed by atoms with Crippen LogP contribution in [-0.4, -0.2) is 65.3 Å². The van der Waals surface area contributed by atoms with Crippen molar-refractivity contribution in [3.05, 3.63) is 11.8 Å². The molecule has 0 aromatic carbocycles. The number of aliphatic hydroxyl groups is 1. The third-order valence-corrected chi connectivity index (χ3v) is 3.45. The highest BCUT2D eigenvalue weighted by Gasteiger charge is 2.24. The van der Waals surface area contributed by atoms with Gasteiger partial charge in [0.05, 0.1) is 5.60 Å². The molecule has 2 N–H and O–H groups in total. The molecule has 6 nitrogen and oxygen atoms in total. The highest BCUT2D eigenvalue weighted by molar-refractivity contribution is 5.49. The SMILES string of the molecule is CNc1ncc(C)c(N2CCN(CC(C)(C)O)CC2)n1. The summed E-state index contributed by atoms with van der Waals surface area (Å²) >= 11 is 0. The standard InChI is InChI=1S/C14H25N5O/c1-11-9-16-13(15-4)17-12(11)19-7-5-18(6-8-19)10-14(2,3)20/h9,20H,5-8,10H2,1-4H3,(H,15,16,17). The number of piperazine rings is 1. The number of aryl methyl sites for hydroxylation is 1. The van der Waals surface area contributed by atoms with Crippen molar-refractivity contribution in [3.63, 3.8) is 0 Å². The van der Waals surface area contributed by atoms with Gasteiger partial charge in [-0.2, -0.15) is 4.98 Å². The molecular formula is C14H25N5O. The second-order valence-corrected chi connectivity index (χ2v) is 6.03. The number of nitrogens with one attached hydrogen (secondary N) is 1. The zero-order valence-corrected chi connectivity index (χ0v) is 12.8. The first kappa shape index (κ1) is 15.0. The highest BCUT2D eigenvalue weighted by atomic mass is 16.3. The Morgan fingerprint density at radius 3 is 2.50 bits per heavy atom. The molecule has 112 valence electrons. The molecule has 6 heteroatoms. The van der Waals surface area contributed by atoms with Gasteiger partial charge in [-0.25, -0.2) is 4.98 Å². The smallest absolute Gasteiger partial charge is 0.224 e. The Balaban J connectivity index is 2.00. The first-order chi connectivity index (χ1) is 9.39. The number of nitrogens with zero attached hydrogens (tertiary/aromatic N) is 4. The minimum Gasteiger partial charge on any atom is -0.389 e. The summed E-state index contributed by atoms with van der Waals surface area (Å²) < 4.78 is 0. The van der Waals surface area contributed by atoms with Crippen LogP contribution in [0.5, 0.6) is 0 Å². The molecule has 1 saturated heterocycles. The largest absolute Gasteiger partial charge is 0.389 e. The van der Waals surface area contributed by atoms with E-state index < -0.39 is 5.60 Å². The number of rotatable bonds is 4. The van der Waals surface area contributed by atoms with Crippen LogP contribution in [0.3, 0.4) is 0 Å². The van der Waals surface area contributed by atoms with Crippen molar-refractivity contribution in [2.75, 3.05) is 50.0 Å². The quantitative estimate of drug-likeness (QED) is 0.847. The average molecular weight is 279 g/mol. The monoisotopic (exact) mass is 279 g/mol. The second-order valence-electron chi connectivity index (χ2n) is 6.03. The van der Waals surface area contributed by atoms with Gasteiger partial charge in [0.15, 0.2) is 0 Å². The van der Waals surface area contributed by atoms with Crippen molar-refractivity contribution in [1.29, 1.82) is 0 Å². The third kappa shape index (κ3) is 3.80. The van der Waals surface area contributed by atoms with Crippen LogP contribution in [0.1, 0.15) is 19.4 Å². The molecule has 1 aliphatic heterocycles. The molecule has 1 aliphatic rings. The van der Waals surface area contributed by atoms with Crippen LogP contribution in [0.25, 0.3) is 0 Å². The van der Waals surface area contributed by atoms with Crippen molar-refractivity contribution >= 4 is 11.8 Å². The number of hydrogen-bond donors (Lipinski definition) is 2. The maximum Gasteiger partial charge on any atom is 0.224 e. The molecule has 0 spiro atoms. The topological polar surface area (TPSA) is 64.5 Å². The maximum absolute atomic E-state index is 9.88. The summed E-state index contributed by atoms with van der Waals surface area (Å²) in [6.07, 6.45) is 1.86. The Morgan fingerprint density at radius 1 is 1.30 bits per heavy atom. The molecule has 2 heterocycles. The predicted octanol–water partition coefficient (Wildman–Crippen LogP) is 0.720. The van der Waals surface area contributed by atoms with Crippen molar-refractivity contribution < 1.29 is 5.11 Å². The fourth-order valence-electron chi connectivity index (χ4n) is 2.54. The number of aromatic nitrogens is 2. The highest BCUT2D eigenvalue weighted by Crippen LogP contribution is 2.20. The van der Waals surface area contributed by atoms with E-state index in [1.165, 1.54) is 0 Å². The van der Waals surface area contributed by atoms with Gasteiger partial charge in [-0.1, -0.05) is 0 Å². The zero-order valence-electron chi connectivity index (χ0n) is 12.8. The Hall–Kier alpha value is -1.40. The molecule has 20 heavy (non-hydrogen) atoms. The molecule has 1 fully saturated rings. The predicted molar refractivity (Wildman–Crippen MR) is 81.3 cm³/mol. The van der Waals surface area contributed by atoms with Crippen LogP contribution in [-0.2, 0) is 0 Å². The zero-order chi connectivity index (χ0) is 14.8. The lowest BCUT2D eigenvalue weighted by Gasteiger charge is -2.38. The van der Waals surface area contributed by atoms with E-state index in [4.69, 9.17) is 0 Å². The van der Waals surface area contributed by atoms with Crippen molar-refractivity contribution in [1.82, 2.24) is 14.9 Å². The van der Waals surface area contributed by atoms with E-state index in [2.05, 4.69) is 25.1 Å². The fourth-order valence-corrected chi connectivity index (χ4v) is 2.54. The Labute approximate surface area is 120 Å². The van der Waals surface area contributed by atoms with Gasteiger partial charge in [0.1, 0.15) is 5.82 Å². The summed E-state index contributed by atoms with van der Waals surface area (Å²) in [5, 5.41) is 12.9. The van der Waals surface area contributed by atoms with Crippen molar-refractivity contribution in [2.45, 2.75) is 26.4 Å². The summed E-state index contributed by atoms with van der Waals surface area (Å²) in [6, 6.07) is 0. The van der Waals surface area contributed by atoms with Gasteiger partial charge in [-0.3, -0.25) is 4.90 Å². The van der Waals surface area contributed by atoms with Gasteiger partial charge < -0.3 is 15.3 Å². The Kier molecular flexibility index (Phi) is 4.45. The lowest BCUT2D eigenvalue weighted by molar-refractivity contribution is 0.0344. The number of β-amino-alcohol motifs (C(OH)–C–C–N with tert-alkyl or cyclic N) is 1. The summed E-state index contributed by atoms with van der Waals surface area (Å²) in [7, 11) is 1.83. The van der Waals surface area contributed by atoms with E-state index in [0.29, 0.717) is 12.5 Å². The van der Waals surface area contributed by atoms with Crippen LogP contribution >= 0.6 is 0 Å². The molecule has 0 amide bonds. The second kappa shape index (κ2) is 5.93. The van der Waals surface area contributed by atoms with E-state index in [-0.39, 0.29) is 0 Å². The first-order valence-electron chi connectivity index (χ1n) is 7.10. The van der Waals surface area contributed by atoms with Crippen molar-refractivity contribution in [2.24, 2.45) is 0 Å². The minimum atomic E-state index is -0.633. The maximum atomic E-state index is 9.88. The van der Waals surface area contributed by atoms with E-state index in [0.717, 1.165) is 37.6 Å². The molecule has 0 atom stereocenters. The fraction of sp³-hybridized carbons (Fsp3) is 0.714. The van der Waals surface area contributed by atoms with Gasteiger partial charge >= 0.3 is 0 Å². The van der Waals surface area contributed by atoms with Gasteiger partial charge in [-0.15, -0.1) is 0 Å². The van der Waals surface area contributed by atoms with Gasteiger partial charge in [0.2, 0.25) is 5.95 Å². The molecule has 2 rings (SSSR count). The average Bonchev–Trinajstić information content (AvgIpc) is 2.39. The lowest BCUT2D eigenvalue weighted by Crippen LogP contribution is -2.50. The van der Waals surface area contributed by atoms with Crippen LogP contribution in [0.2, 0.25) is 0 Å². The van der Waals surface area contributed by atoms with E-state index in [1.54, 1.807) is 0 Å². The van der Waals surface area contributed by atoms with E-state index in [9.17, 15) is 5.11 Å². The number of anilines is 2. The first-order valence-corrected chi connectivity index (χ1v) is 7.10. The molecule has 0 radical (unpaired) electrons. The summed E-state index contributed by atoms with van der Waals surface area (Å²) in [5.74, 6) is 1.66. The lowest BCUT2D eigenvalue weighted by atomic mass is 10.1. The molecule has 0 saturated carbocycles. The van der Waals surface area contributed by atoms with Gasteiger partial charge in [-0.05, 0) is 20.8 Å². The van der Waals surface area contributed by atoms with Crippen LogP contribution in [0.4, 0.5) is 11.8 Å². The molecule has 1 aromatic heterocycles. The van der Waals surface area contributed by atoms with Gasteiger partial charge in [0, 0.05) is 51.5 Å². The summed E-state index contributed by atoms with van der Waals surface area (Å²) in [5.41, 5.74) is 0.465. The normalized spacial score (nSPS) is 17.4. The van der Waals surface area contributed by atoms with E-state index >= 15 is 0 Å². The van der Waals surface area contributed by atoms with Crippen molar-refractivity contribution in [3.8, 4) is 0 Å². The summed E-state index contributed by atoms with van der Waals surface area (Å²) in [4.78, 5) is 13.4. The van der Waals surface area contributed by atoms with Crippen LogP contribution in [0.15, 0.2) is 6.20 Å². The third-order valence-electron chi connectivity index (χ3n) is 3.45. The summed E-state index contributed by atoms with van der Waals surface area (Å²) in [6.45, 7) is 10.2. The molecule has 0 bridgehead atoms. The molecular weight excluding hydrogens is 254 g/mol. The van der Waals surface area contributed by atoms with Crippen LogP contribution < -0.4 is 10.2 Å². The molecule has 1 aromatic rings. The van der Waals surface area contributed by atoms with Crippen LogP contribution in [0, 0.1) is 6.92 Å². The minimum absolute atomic E-state index is 0.633. The van der Waals surface area contributed by atoms with E-state index in [1.807, 2.05) is 34.0 Å². The number of hydrogen-bond acceptors (Lipinski definition) is 6. The Bertz CT molecular complexity index is 449. The molecule has 0 aliphatic carbocycles.